The third-order valence-electron chi connectivity index (χ3n) is 3.85. The number of ether oxygens (including phenoxy) is 2. The van der Waals surface area contributed by atoms with Crippen LogP contribution in [0, 0.1) is 0 Å². The molecule has 0 aromatic heterocycles. The molecule has 0 bridgehead atoms. The fourth-order valence-electron chi connectivity index (χ4n) is 2.55. The van der Waals surface area contributed by atoms with Gasteiger partial charge in [-0.15, -0.1) is 0 Å². The van der Waals surface area contributed by atoms with Gasteiger partial charge in [0, 0.05) is 13.5 Å². The topological polar surface area (TPSA) is 82.1 Å². The summed E-state index contributed by atoms with van der Waals surface area (Å²) in [5.41, 5.74) is 0. The molecule has 1 unspecified atom stereocenters. The third-order valence-corrected chi connectivity index (χ3v) is 5.92. The van der Waals surface area contributed by atoms with E-state index in [1.165, 1.54) is 26.3 Å². The van der Waals surface area contributed by atoms with Crippen molar-refractivity contribution in [3.63, 3.8) is 0 Å². The summed E-state index contributed by atoms with van der Waals surface area (Å²) >= 11 is 0. The first-order valence-electron chi connectivity index (χ1n) is 7.60. The van der Waals surface area contributed by atoms with Crippen molar-refractivity contribution in [3.8, 4) is 0 Å². The molecular formula is C16H23NO6S. The van der Waals surface area contributed by atoms with Gasteiger partial charge in [0.1, 0.15) is 5.25 Å². The lowest BCUT2D eigenvalue weighted by atomic mass is 10.2. The zero-order valence-corrected chi connectivity index (χ0v) is 15.1. The number of benzene rings is 1. The Bertz CT molecular complexity index is 673. The fraction of sp³-hybridized carbons (Fsp3) is 0.562. The minimum atomic E-state index is -3.89. The predicted octanol–water partition coefficient (Wildman–Crippen LogP) is 1.39. The molecule has 2 atom stereocenters. The second kappa shape index (κ2) is 7.18. The Labute approximate surface area is 142 Å². The van der Waals surface area contributed by atoms with E-state index in [2.05, 4.69) is 0 Å². The second-order valence-corrected chi connectivity index (χ2v) is 8.18. The summed E-state index contributed by atoms with van der Waals surface area (Å²) in [6, 6.07) is 7.89. The largest absolute Gasteiger partial charge is 0.348 e. The lowest BCUT2D eigenvalue weighted by Gasteiger charge is -2.24. The molecule has 1 aliphatic heterocycles. The van der Waals surface area contributed by atoms with Crippen LogP contribution in [0.1, 0.15) is 20.3 Å². The first kappa shape index (κ1) is 18.9. The summed E-state index contributed by atoms with van der Waals surface area (Å²) in [6.45, 7) is 3.73. The number of nitrogens with zero attached hydrogens (tertiary/aromatic N) is 1. The van der Waals surface area contributed by atoms with Crippen LogP contribution in [-0.2, 0) is 28.9 Å². The molecule has 24 heavy (non-hydrogen) atoms. The molecule has 1 aliphatic rings. The molecule has 1 amide bonds. The number of sulfone groups is 1. The molecule has 1 saturated heterocycles. The molecule has 1 fully saturated rings. The van der Waals surface area contributed by atoms with Crippen molar-refractivity contribution in [1.82, 2.24) is 5.06 Å². The zero-order valence-electron chi connectivity index (χ0n) is 14.3. The summed E-state index contributed by atoms with van der Waals surface area (Å²) in [5, 5.41) is -0.390. The molecule has 2 rings (SSSR count). The lowest BCUT2D eigenvalue weighted by Crippen LogP contribution is -2.43. The number of carbonyl (C=O) groups is 1. The number of rotatable bonds is 6. The van der Waals surface area contributed by atoms with E-state index in [1.807, 2.05) is 0 Å². The van der Waals surface area contributed by atoms with E-state index in [-0.39, 0.29) is 17.9 Å². The van der Waals surface area contributed by atoms with Crippen molar-refractivity contribution in [2.24, 2.45) is 0 Å². The maximum atomic E-state index is 12.9. The first-order valence-corrected chi connectivity index (χ1v) is 9.14. The maximum Gasteiger partial charge on any atom is 0.264 e. The zero-order chi connectivity index (χ0) is 18.0. The Kier molecular flexibility index (Phi) is 5.64. The SMILES string of the molecule is CON(C)C(=O)C(C[C@H]1COC(C)(C)O1)S(=O)(=O)c1ccccc1. The molecule has 0 radical (unpaired) electrons. The number of amides is 1. The molecule has 1 aromatic rings. The van der Waals surface area contributed by atoms with Crippen molar-refractivity contribution in [2.75, 3.05) is 20.8 Å². The van der Waals surface area contributed by atoms with Gasteiger partial charge >= 0.3 is 0 Å². The Hall–Kier alpha value is -1.48. The van der Waals surface area contributed by atoms with Crippen LogP contribution in [-0.4, -0.2) is 57.3 Å². The summed E-state index contributed by atoms with van der Waals surface area (Å²) in [5.74, 6) is -1.43. The monoisotopic (exact) mass is 357 g/mol. The van der Waals surface area contributed by atoms with Crippen molar-refractivity contribution in [1.29, 1.82) is 0 Å². The number of hydrogen-bond donors (Lipinski definition) is 0. The van der Waals surface area contributed by atoms with Crippen molar-refractivity contribution < 1.29 is 27.5 Å². The van der Waals surface area contributed by atoms with Crippen LogP contribution in [0.15, 0.2) is 35.2 Å². The van der Waals surface area contributed by atoms with Gasteiger partial charge in [-0.3, -0.25) is 9.63 Å². The molecule has 0 spiro atoms. The molecule has 1 heterocycles. The molecule has 0 N–H and O–H groups in total. The summed E-state index contributed by atoms with van der Waals surface area (Å²) in [4.78, 5) is 17.5. The highest BCUT2D eigenvalue weighted by Gasteiger charge is 2.42. The molecule has 0 saturated carbocycles. The van der Waals surface area contributed by atoms with Crippen LogP contribution in [0.25, 0.3) is 0 Å². The van der Waals surface area contributed by atoms with Gasteiger partial charge in [0.15, 0.2) is 15.6 Å². The first-order chi connectivity index (χ1) is 11.2. The molecule has 7 nitrogen and oxygen atoms in total. The Morgan fingerprint density at radius 3 is 2.50 bits per heavy atom. The van der Waals surface area contributed by atoms with Crippen LogP contribution in [0.2, 0.25) is 0 Å². The van der Waals surface area contributed by atoms with Crippen molar-refractivity contribution in [2.45, 2.75) is 42.3 Å². The van der Waals surface area contributed by atoms with Crippen molar-refractivity contribution >= 4 is 15.7 Å². The fourth-order valence-corrected chi connectivity index (χ4v) is 4.29. The highest BCUT2D eigenvalue weighted by Crippen LogP contribution is 2.29. The molecular weight excluding hydrogens is 334 g/mol. The standard InChI is InChI=1S/C16H23NO6S/c1-16(2)22-11-12(23-16)10-14(15(18)17(3)21-4)24(19,20)13-8-6-5-7-9-13/h5-9,12,14H,10-11H2,1-4H3/t12-,14?/m0/s1. The number of carbonyl (C=O) groups excluding carboxylic acids is 1. The van der Waals surface area contributed by atoms with Gasteiger partial charge < -0.3 is 9.47 Å². The average Bonchev–Trinajstić information content (AvgIpc) is 2.90. The highest BCUT2D eigenvalue weighted by atomic mass is 32.2. The normalized spacial score (nSPS) is 21.4. The van der Waals surface area contributed by atoms with Crippen LogP contribution in [0.4, 0.5) is 0 Å². The van der Waals surface area contributed by atoms with Crippen LogP contribution < -0.4 is 0 Å². The van der Waals surface area contributed by atoms with Gasteiger partial charge in [0.2, 0.25) is 0 Å². The van der Waals surface area contributed by atoms with Gasteiger partial charge in [-0.25, -0.2) is 13.5 Å². The minimum absolute atomic E-state index is 0.00676. The van der Waals surface area contributed by atoms with Gasteiger partial charge in [0.25, 0.3) is 5.91 Å². The molecule has 1 aromatic carbocycles. The minimum Gasteiger partial charge on any atom is -0.348 e. The summed E-state index contributed by atoms with van der Waals surface area (Å²) in [6.07, 6.45) is -0.495. The summed E-state index contributed by atoms with van der Waals surface area (Å²) in [7, 11) is -1.20. The van der Waals surface area contributed by atoms with Gasteiger partial charge in [-0.05, 0) is 26.0 Å². The third kappa shape index (κ3) is 4.13. The van der Waals surface area contributed by atoms with Gasteiger partial charge in [-0.1, -0.05) is 18.2 Å². The van der Waals surface area contributed by atoms with Crippen LogP contribution in [0.3, 0.4) is 0 Å². The molecule has 8 heteroatoms. The van der Waals surface area contributed by atoms with E-state index in [4.69, 9.17) is 14.3 Å². The number of hydroxylamine groups is 2. The van der Waals surface area contributed by atoms with Crippen LogP contribution >= 0.6 is 0 Å². The molecule has 134 valence electrons. The Balaban J connectivity index is 2.31. The van der Waals surface area contributed by atoms with E-state index in [1.54, 1.807) is 32.0 Å². The highest BCUT2D eigenvalue weighted by molar-refractivity contribution is 7.92. The molecule has 0 aliphatic carbocycles. The van der Waals surface area contributed by atoms with Crippen molar-refractivity contribution in [3.05, 3.63) is 30.3 Å². The smallest absolute Gasteiger partial charge is 0.264 e. The Morgan fingerprint density at radius 2 is 2.00 bits per heavy atom. The maximum absolute atomic E-state index is 12.9. The quantitative estimate of drug-likeness (QED) is 0.716. The van der Waals surface area contributed by atoms with E-state index in [0.29, 0.717) is 0 Å². The van der Waals surface area contributed by atoms with Gasteiger partial charge in [-0.2, -0.15) is 0 Å². The number of hydrogen-bond acceptors (Lipinski definition) is 6. The van der Waals surface area contributed by atoms with Crippen LogP contribution in [0.5, 0.6) is 0 Å². The Morgan fingerprint density at radius 1 is 1.38 bits per heavy atom. The van der Waals surface area contributed by atoms with Gasteiger partial charge in [0.05, 0.1) is 24.7 Å². The average molecular weight is 357 g/mol. The summed E-state index contributed by atoms with van der Waals surface area (Å²) < 4.78 is 37.0. The lowest BCUT2D eigenvalue weighted by molar-refractivity contribution is -0.169. The van der Waals surface area contributed by atoms with E-state index < -0.39 is 32.9 Å². The second-order valence-electron chi connectivity index (χ2n) is 6.05. The van der Waals surface area contributed by atoms with E-state index in [9.17, 15) is 13.2 Å². The van der Waals surface area contributed by atoms with E-state index in [0.717, 1.165) is 5.06 Å². The van der Waals surface area contributed by atoms with E-state index >= 15 is 0 Å². The predicted molar refractivity (Wildman–Crippen MR) is 86.7 cm³/mol.